The van der Waals surface area contributed by atoms with Crippen LogP contribution >= 0.6 is 11.3 Å². The smallest absolute Gasteiger partial charge is 0.315 e. The minimum Gasteiger partial charge on any atom is -0.334 e. The van der Waals surface area contributed by atoms with Gasteiger partial charge in [0.1, 0.15) is 5.01 Å². The summed E-state index contributed by atoms with van der Waals surface area (Å²) in [6, 6.07) is 0.373. The van der Waals surface area contributed by atoms with Gasteiger partial charge in [-0.25, -0.2) is 9.78 Å². The molecule has 0 radical (unpaired) electrons. The fraction of sp³-hybridized carbons (Fsp3) is 0.778. The molecule has 1 aromatic heterocycles. The SMILES string of the molecule is O=C(N[C@H]1CCN(CC2CCCC2)C1)N[C@H](c1nccs1)C1CC1. The first-order chi connectivity index (χ1) is 11.8. The molecule has 2 aliphatic carbocycles. The van der Waals surface area contributed by atoms with E-state index in [9.17, 15) is 4.79 Å². The van der Waals surface area contributed by atoms with Gasteiger partial charge in [0.15, 0.2) is 0 Å². The Hall–Kier alpha value is -1.14. The molecular weight excluding hydrogens is 320 g/mol. The highest BCUT2D eigenvalue weighted by Crippen LogP contribution is 2.41. The molecule has 1 aromatic rings. The molecule has 5 nitrogen and oxygen atoms in total. The second-order valence-electron chi connectivity index (χ2n) is 7.70. The number of carbonyl (C=O) groups is 1. The largest absolute Gasteiger partial charge is 0.334 e. The fourth-order valence-electron chi connectivity index (χ4n) is 4.24. The third-order valence-electron chi connectivity index (χ3n) is 5.70. The maximum atomic E-state index is 12.4. The predicted molar refractivity (Wildman–Crippen MR) is 96.0 cm³/mol. The van der Waals surface area contributed by atoms with Crippen molar-refractivity contribution in [3.63, 3.8) is 0 Å². The number of urea groups is 1. The van der Waals surface area contributed by atoms with E-state index in [1.54, 1.807) is 11.3 Å². The van der Waals surface area contributed by atoms with Gasteiger partial charge in [-0.3, -0.25) is 0 Å². The van der Waals surface area contributed by atoms with Gasteiger partial charge < -0.3 is 15.5 Å². The van der Waals surface area contributed by atoms with Gasteiger partial charge in [0, 0.05) is 37.3 Å². The van der Waals surface area contributed by atoms with Gasteiger partial charge in [0.2, 0.25) is 0 Å². The Morgan fingerprint density at radius 3 is 2.83 bits per heavy atom. The summed E-state index contributed by atoms with van der Waals surface area (Å²) in [7, 11) is 0. The molecule has 3 fully saturated rings. The first-order valence-corrected chi connectivity index (χ1v) is 10.3. The third-order valence-corrected chi connectivity index (χ3v) is 6.55. The highest BCUT2D eigenvalue weighted by Gasteiger charge is 2.35. The first-order valence-electron chi connectivity index (χ1n) is 9.46. The summed E-state index contributed by atoms with van der Waals surface area (Å²) in [5, 5.41) is 9.40. The van der Waals surface area contributed by atoms with Gasteiger partial charge in [-0.2, -0.15) is 0 Å². The molecule has 1 aliphatic heterocycles. The van der Waals surface area contributed by atoms with Crippen LogP contribution in [0.2, 0.25) is 0 Å². The molecule has 1 saturated heterocycles. The Kier molecular flexibility index (Phi) is 5.03. The molecule has 2 saturated carbocycles. The molecule has 3 aliphatic rings. The Bertz CT molecular complexity index is 539. The Labute approximate surface area is 148 Å². The van der Waals surface area contributed by atoms with Crippen molar-refractivity contribution in [2.24, 2.45) is 11.8 Å². The van der Waals surface area contributed by atoms with Crippen LogP contribution in [-0.4, -0.2) is 41.6 Å². The molecule has 0 unspecified atom stereocenters. The standard InChI is InChI=1S/C18H28N4OS/c23-18(21-16(14-5-6-14)17-19-8-10-24-17)20-15-7-9-22(12-15)11-13-3-1-2-4-13/h8,10,13-16H,1-7,9,11-12H2,(H2,20,21,23)/t15-,16-/m0/s1. The van der Waals surface area contributed by atoms with E-state index >= 15 is 0 Å². The summed E-state index contributed by atoms with van der Waals surface area (Å²) in [4.78, 5) is 19.4. The number of hydrogen-bond acceptors (Lipinski definition) is 4. The van der Waals surface area contributed by atoms with Gasteiger partial charge in [0.05, 0.1) is 6.04 Å². The topological polar surface area (TPSA) is 57.3 Å². The average molecular weight is 349 g/mol. The molecule has 0 aromatic carbocycles. The molecule has 0 bridgehead atoms. The summed E-state index contributed by atoms with van der Waals surface area (Å²) < 4.78 is 0. The maximum absolute atomic E-state index is 12.4. The van der Waals surface area contributed by atoms with Gasteiger partial charge in [-0.05, 0) is 43.9 Å². The molecule has 24 heavy (non-hydrogen) atoms. The number of likely N-dealkylation sites (tertiary alicyclic amines) is 1. The summed E-state index contributed by atoms with van der Waals surface area (Å²) in [5.41, 5.74) is 0. The molecule has 0 spiro atoms. The van der Waals surface area contributed by atoms with Crippen molar-refractivity contribution in [3.8, 4) is 0 Å². The van der Waals surface area contributed by atoms with E-state index in [1.165, 1.54) is 45.1 Å². The minimum atomic E-state index is -0.0187. The van der Waals surface area contributed by atoms with Gasteiger partial charge in [-0.1, -0.05) is 12.8 Å². The molecule has 2 heterocycles. The zero-order chi connectivity index (χ0) is 16.4. The van der Waals surface area contributed by atoms with Crippen LogP contribution < -0.4 is 10.6 Å². The lowest BCUT2D eigenvalue weighted by Crippen LogP contribution is -2.45. The van der Waals surface area contributed by atoms with Crippen LogP contribution in [0.3, 0.4) is 0 Å². The monoisotopic (exact) mass is 348 g/mol. The Morgan fingerprint density at radius 2 is 2.12 bits per heavy atom. The van der Waals surface area contributed by atoms with Crippen molar-refractivity contribution in [1.82, 2.24) is 20.5 Å². The van der Waals surface area contributed by atoms with Crippen LogP contribution in [0.5, 0.6) is 0 Å². The zero-order valence-corrected chi connectivity index (χ0v) is 15.1. The number of amides is 2. The lowest BCUT2D eigenvalue weighted by atomic mass is 10.1. The molecule has 4 rings (SSSR count). The van der Waals surface area contributed by atoms with Crippen molar-refractivity contribution >= 4 is 17.4 Å². The Morgan fingerprint density at radius 1 is 1.29 bits per heavy atom. The molecule has 6 heteroatoms. The van der Waals surface area contributed by atoms with Crippen molar-refractivity contribution in [1.29, 1.82) is 0 Å². The molecule has 132 valence electrons. The highest BCUT2D eigenvalue weighted by atomic mass is 32.1. The average Bonchev–Trinajstić information content (AvgIpc) is 3.00. The van der Waals surface area contributed by atoms with Crippen molar-refractivity contribution < 1.29 is 4.79 Å². The number of rotatable bonds is 6. The van der Waals surface area contributed by atoms with E-state index in [2.05, 4.69) is 20.5 Å². The highest BCUT2D eigenvalue weighted by molar-refractivity contribution is 7.09. The number of carbonyl (C=O) groups excluding carboxylic acids is 1. The number of hydrogen-bond donors (Lipinski definition) is 2. The predicted octanol–water partition coefficient (Wildman–Crippen LogP) is 3.16. The van der Waals surface area contributed by atoms with Crippen molar-refractivity contribution in [2.75, 3.05) is 19.6 Å². The van der Waals surface area contributed by atoms with E-state index in [1.807, 2.05) is 11.6 Å². The van der Waals surface area contributed by atoms with E-state index in [-0.39, 0.29) is 12.1 Å². The van der Waals surface area contributed by atoms with Crippen molar-refractivity contribution in [3.05, 3.63) is 16.6 Å². The lowest BCUT2D eigenvalue weighted by Gasteiger charge is -2.21. The van der Waals surface area contributed by atoms with E-state index in [4.69, 9.17) is 0 Å². The van der Waals surface area contributed by atoms with Gasteiger partial charge in [0.25, 0.3) is 0 Å². The first kappa shape index (κ1) is 16.3. The Balaban J connectivity index is 1.24. The minimum absolute atomic E-state index is 0.0187. The van der Waals surface area contributed by atoms with Crippen molar-refractivity contribution in [2.45, 2.75) is 57.0 Å². The lowest BCUT2D eigenvalue weighted by molar-refractivity contribution is 0.229. The van der Waals surface area contributed by atoms with E-state index in [0.717, 1.165) is 30.4 Å². The summed E-state index contributed by atoms with van der Waals surface area (Å²) in [5.74, 6) is 1.46. The number of nitrogens with one attached hydrogen (secondary N) is 2. The van der Waals surface area contributed by atoms with E-state index in [0.29, 0.717) is 12.0 Å². The summed E-state index contributed by atoms with van der Waals surface area (Å²) in [6.07, 6.45) is 10.9. The second-order valence-corrected chi connectivity index (χ2v) is 8.63. The van der Waals surface area contributed by atoms with Crippen LogP contribution in [0.15, 0.2) is 11.6 Å². The van der Waals surface area contributed by atoms with E-state index < -0.39 is 0 Å². The number of aromatic nitrogens is 1. The fourth-order valence-corrected chi connectivity index (χ4v) is 5.02. The van der Waals surface area contributed by atoms with Crippen LogP contribution in [0, 0.1) is 11.8 Å². The second kappa shape index (κ2) is 7.40. The number of thiazole rings is 1. The van der Waals surface area contributed by atoms with Crippen LogP contribution in [0.1, 0.15) is 56.0 Å². The van der Waals surface area contributed by atoms with Crippen LogP contribution in [0.25, 0.3) is 0 Å². The molecular formula is C18H28N4OS. The van der Waals surface area contributed by atoms with Crippen LogP contribution in [-0.2, 0) is 0 Å². The van der Waals surface area contributed by atoms with Crippen LogP contribution in [0.4, 0.5) is 4.79 Å². The molecule has 2 amide bonds. The normalized spacial score (nSPS) is 26.6. The number of nitrogens with zero attached hydrogens (tertiary/aromatic N) is 2. The molecule has 2 N–H and O–H groups in total. The third kappa shape index (κ3) is 4.09. The zero-order valence-electron chi connectivity index (χ0n) is 14.2. The quantitative estimate of drug-likeness (QED) is 0.830. The summed E-state index contributed by atoms with van der Waals surface area (Å²) in [6.45, 7) is 3.36. The van der Waals surface area contributed by atoms with Gasteiger partial charge in [-0.15, -0.1) is 11.3 Å². The summed E-state index contributed by atoms with van der Waals surface area (Å²) >= 11 is 1.64. The molecule has 2 atom stereocenters. The van der Waals surface area contributed by atoms with Gasteiger partial charge >= 0.3 is 6.03 Å². The maximum Gasteiger partial charge on any atom is 0.315 e.